The first-order chi connectivity index (χ1) is 10.7. The summed E-state index contributed by atoms with van der Waals surface area (Å²) in [5.41, 5.74) is 0.477. The summed E-state index contributed by atoms with van der Waals surface area (Å²) in [6.07, 6.45) is 0. The minimum atomic E-state index is -0.586. The van der Waals surface area contributed by atoms with Crippen LogP contribution in [0.2, 0.25) is 10.0 Å². The topological polar surface area (TPSA) is 70.2 Å². The number of hydrogen-bond donors (Lipinski definition) is 3. The van der Waals surface area contributed by atoms with Crippen molar-refractivity contribution in [1.29, 1.82) is 0 Å². The van der Waals surface area contributed by atoms with Gasteiger partial charge in [0.25, 0.3) is 0 Å². The van der Waals surface area contributed by atoms with Gasteiger partial charge in [-0.3, -0.25) is 10.1 Å². The predicted molar refractivity (Wildman–Crippen MR) is 89.2 cm³/mol. The zero-order valence-electron chi connectivity index (χ0n) is 13.2. The van der Waals surface area contributed by atoms with E-state index in [9.17, 15) is 14.0 Å². The third-order valence-electron chi connectivity index (χ3n) is 3.00. The van der Waals surface area contributed by atoms with E-state index in [4.69, 9.17) is 23.2 Å². The highest BCUT2D eigenvalue weighted by molar-refractivity contribution is 6.35. The van der Waals surface area contributed by atoms with Crippen molar-refractivity contribution in [2.45, 2.75) is 26.8 Å². The molecule has 1 aromatic rings. The fraction of sp³-hybridized carbons (Fsp3) is 0.467. The van der Waals surface area contributed by atoms with Gasteiger partial charge in [0.1, 0.15) is 5.82 Å². The molecule has 1 aromatic carbocycles. The van der Waals surface area contributed by atoms with Crippen molar-refractivity contribution in [2.75, 3.05) is 13.1 Å². The SMILES string of the molecule is CC(C)CNC(=O)NC(=O)CN[C@H](C)c1cc(F)c(Cl)cc1Cl. The van der Waals surface area contributed by atoms with Gasteiger partial charge in [0, 0.05) is 17.6 Å². The van der Waals surface area contributed by atoms with E-state index in [1.165, 1.54) is 12.1 Å². The summed E-state index contributed by atoms with van der Waals surface area (Å²) in [6, 6.07) is 1.59. The predicted octanol–water partition coefficient (Wildman–Crippen LogP) is 3.26. The Bertz CT molecular complexity index is 582. The zero-order valence-corrected chi connectivity index (χ0v) is 14.7. The fourth-order valence-electron chi connectivity index (χ4n) is 1.74. The molecule has 3 N–H and O–H groups in total. The number of imide groups is 1. The minimum Gasteiger partial charge on any atom is -0.338 e. The Hall–Kier alpha value is -1.37. The molecule has 0 aliphatic rings. The highest BCUT2D eigenvalue weighted by Gasteiger charge is 2.15. The van der Waals surface area contributed by atoms with Crippen molar-refractivity contribution in [3.63, 3.8) is 0 Å². The Kier molecular flexibility index (Phi) is 7.75. The maximum atomic E-state index is 13.5. The number of halogens is 3. The Morgan fingerprint density at radius 2 is 1.83 bits per heavy atom. The Labute approximate surface area is 144 Å². The second-order valence-electron chi connectivity index (χ2n) is 5.54. The van der Waals surface area contributed by atoms with E-state index in [1.807, 2.05) is 13.8 Å². The molecule has 1 rings (SSSR count). The third kappa shape index (κ3) is 6.72. The molecular weight excluding hydrogens is 344 g/mol. The summed E-state index contributed by atoms with van der Waals surface area (Å²) in [5, 5.41) is 7.87. The van der Waals surface area contributed by atoms with Crippen LogP contribution in [0.4, 0.5) is 9.18 Å². The molecule has 0 saturated heterocycles. The van der Waals surface area contributed by atoms with Gasteiger partial charge in [0.2, 0.25) is 5.91 Å². The van der Waals surface area contributed by atoms with Crippen molar-refractivity contribution in [1.82, 2.24) is 16.0 Å². The van der Waals surface area contributed by atoms with Crippen molar-refractivity contribution in [3.8, 4) is 0 Å². The molecule has 0 aliphatic carbocycles. The number of amides is 3. The highest BCUT2D eigenvalue weighted by atomic mass is 35.5. The average Bonchev–Trinajstić information content (AvgIpc) is 2.46. The number of nitrogens with one attached hydrogen (secondary N) is 3. The van der Waals surface area contributed by atoms with E-state index in [0.717, 1.165) is 0 Å². The molecule has 8 heteroatoms. The zero-order chi connectivity index (χ0) is 17.6. The molecule has 0 aromatic heterocycles. The lowest BCUT2D eigenvalue weighted by Gasteiger charge is -2.16. The van der Waals surface area contributed by atoms with E-state index in [1.54, 1.807) is 6.92 Å². The number of carbonyl (C=O) groups is 2. The van der Waals surface area contributed by atoms with Crippen LogP contribution in [-0.4, -0.2) is 25.0 Å². The number of carbonyl (C=O) groups excluding carboxylic acids is 2. The summed E-state index contributed by atoms with van der Waals surface area (Å²) in [5.74, 6) is -0.795. The molecule has 128 valence electrons. The van der Waals surface area contributed by atoms with Crippen LogP contribution in [0.3, 0.4) is 0 Å². The number of benzene rings is 1. The fourth-order valence-corrected chi connectivity index (χ4v) is 2.28. The summed E-state index contributed by atoms with van der Waals surface area (Å²) in [7, 11) is 0. The van der Waals surface area contributed by atoms with Crippen LogP contribution in [0.1, 0.15) is 32.4 Å². The van der Waals surface area contributed by atoms with Crippen LogP contribution < -0.4 is 16.0 Å². The summed E-state index contributed by atoms with van der Waals surface area (Å²) >= 11 is 11.6. The van der Waals surface area contributed by atoms with E-state index in [0.29, 0.717) is 17.1 Å². The first-order valence-electron chi connectivity index (χ1n) is 7.16. The molecule has 0 fully saturated rings. The molecule has 0 unspecified atom stereocenters. The maximum absolute atomic E-state index is 13.5. The van der Waals surface area contributed by atoms with Gasteiger partial charge >= 0.3 is 6.03 Å². The lowest BCUT2D eigenvalue weighted by atomic mass is 10.1. The third-order valence-corrected chi connectivity index (χ3v) is 3.62. The Morgan fingerprint density at radius 3 is 2.43 bits per heavy atom. The van der Waals surface area contributed by atoms with Crippen LogP contribution in [-0.2, 0) is 4.79 Å². The van der Waals surface area contributed by atoms with Gasteiger partial charge in [0.15, 0.2) is 0 Å². The van der Waals surface area contributed by atoms with Crippen LogP contribution in [0.5, 0.6) is 0 Å². The molecule has 0 bridgehead atoms. The van der Waals surface area contributed by atoms with Gasteiger partial charge in [-0.2, -0.15) is 0 Å². The van der Waals surface area contributed by atoms with Crippen molar-refractivity contribution >= 4 is 35.1 Å². The molecule has 3 amide bonds. The van der Waals surface area contributed by atoms with Gasteiger partial charge in [-0.15, -0.1) is 0 Å². The molecule has 0 aliphatic heterocycles. The van der Waals surface area contributed by atoms with E-state index < -0.39 is 23.8 Å². The summed E-state index contributed by atoms with van der Waals surface area (Å²) < 4.78 is 13.5. The molecule has 23 heavy (non-hydrogen) atoms. The minimum absolute atomic E-state index is 0.0643. The second-order valence-corrected chi connectivity index (χ2v) is 6.36. The van der Waals surface area contributed by atoms with Crippen LogP contribution in [0.25, 0.3) is 0 Å². The lowest BCUT2D eigenvalue weighted by molar-refractivity contribution is -0.119. The van der Waals surface area contributed by atoms with E-state index in [2.05, 4.69) is 16.0 Å². The quantitative estimate of drug-likeness (QED) is 0.679. The standard InChI is InChI=1S/C15H20Cl2FN3O2/c1-8(2)6-20-15(23)21-14(22)7-19-9(3)10-4-13(18)12(17)5-11(10)16/h4-5,8-9,19H,6-7H2,1-3H3,(H2,20,21,22,23)/t9-/m1/s1. The van der Waals surface area contributed by atoms with Crippen LogP contribution in [0.15, 0.2) is 12.1 Å². The summed E-state index contributed by atoms with van der Waals surface area (Å²) in [6.45, 7) is 5.97. The van der Waals surface area contributed by atoms with Crippen LogP contribution >= 0.6 is 23.2 Å². The molecule has 5 nitrogen and oxygen atoms in total. The van der Waals surface area contributed by atoms with Gasteiger partial charge < -0.3 is 10.6 Å². The number of hydrogen-bond acceptors (Lipinski definition) is 3. The molecule has 0 spiro atoms. The second kappa shape index (κ2) is 9.05. The number of rotatable bonds is 6. The molecule has 0 radical (unpaired) electrons. The van der Waals surface area contributed by atoms with Gasteiger partial charge in [-0.25, -0.2) is 9.18 Å². The van der Waals surface area contributed by atoms with Gasteiger partial charge in [-0.05, 0) is 30.5 Å². The normalized spacial score (nSPS) is 12.1. The molecule has 0 heterocycles. The monoisotopic (exact) mass is 363 g/mol. The first kappa shape index (κ1) is 19.7. The average molecular weight is 364 g/mol. The lowest BCUT2D eigenvalue weighted by Crippen LogP contribution is -2.44. The van der Waals surface area contributed by atoms with Gasteiger partial charge in [0.05, 0.1) is 11.6 Å². The largest absolute Gasteiger partial charge is 0.338 e. The smallest absolute Gasteiger partial charge is 0.321 e. The van der Waals surface area contributed by atoms with Crippen molar-refractivity contribution < 1.29 is 14.0 Å². The highest BCUT2D eigenvalue weighted by Crippen LogP contribution is 2.28. The van der Waals surface area contributed by atoms with Crippen molar-refractivity contribution in [3.05, 3.63) is 33.6 Å². The molecule has 1 atom stereocenters. The van der Waals surface area contributed by atoms with E-state index in [-0.39, 0.29) is 17.5 Å². The number of urea groups is 1. The summed E-state index contributed by atoms with van der Waals surface area (Å²) in [4.78, 5) is 23.1. The van der Waals surface area contributed by atoms with E-state index >= 15 is 0 Å². The Morgan fingerprint density at radius 1 is 1.17 bits per heavy atom. The van der Waals surface area contributed by atoms with Crippen molar-refractivity contribution in [2.24, 2.45) is 5.92 Å². The maximum Gasteiger partial charge on any atom is 0.321 e. The molecule has 0 saturated carbocycles. The Balaban J connectivity index is 2.50. The van der Waals surface area contributed by atoms with Crippen LogP contribution in [0, 0.1) is 11.7 Å². The molecular formula is C15H20Cl2FN3O2. The first-order valence-corrected chi connectivity index (χ1v) is 7.91. The van der Waals surface area contributed by atoms with Gasteiger partial charge in [-0.1, -0.05) is 37.0 Å².